The van der Waals surface area contributed by atoms with Gasteiger partial charge in [0.2, 0.25) is 0 Å². The average molecular weight is 491 g/mol. The largest absolute Gasteiger partial charge is 0.458 e. The predicted octanol–water partition coefficient (Wildman–Crippen LogP) is 9.25. The minimum absolute atomic E-state index is 0.0324. The van der Waals surface area contributed by atoms with E-state index in [1.165, 1.54) is 57.8 Å². The number of esters is 1. The zero-order chi connectivity index (χ0) is 25.5. The van der Waals surface area contributed by atoms with Gasteiger partial charge in [0, 0.05) is 6.42 Å². The average Bonchev–Trinajstić information content (AvgIpc) is 3.22. The van der Waals surface area contributed by atoms with Crippen LogP contribution in [-0.4, -0.2) is 12.1 Å². The van der Waals surface area contributed by atoms with Crippen molar-refractivity contribution in [2.24, 2.45) is 46.3 Å². The molecular weight excluding hydrogens is 440 g/mol. The summed E-state index contributed by atoms with van der Waals surface area (Å²) in [5, 5.41) is 0. The molecule has 0 aliphatic heterocycles. The van der Waals surface area contributed by atoms with Gasteiger partial charge in [0.05, 0.1) is 5.56 Å². The SMILES string of the molecule is CC(C)CCC[C@@H](C)[C@H]1CC[C@H]2[C@H]3CC=C4C[C@@H](OC(=O)c5ccccc5)CC[C@]4(C)[C@@H]3CC[C@]12C. The Morgan fingerprint density at radius 3 is 2.50 bits per heavy atom. The van der Waals surface area contributed by atoms with Crippen LogP contribution in [0.25, 0.3) is 0 Å². The molecule has 0 unspecified atom stereocenters. The van der Waals surface area contributed by atoms with E-state index in [2.05, 4.69) is 40.7 Å². The van der Waals surface area contributed by atoms with Gasteiger partial charge in [-0.05, 0) is 103 Å². The molecule has 0 bridgehead atoms. The van der Waals surface area contributed by atoms with Gasteiger partial charge in [0.15, 0.2) is 0 Å². The Balaban J connectivity index is 1.25. The van der Waals surface area contributed by atoms with E-state index in [9.17, 15) is 4.79 Å². The number of fused-ring (bicyclic) bond motifs is 5. The van der Waals surface area contributed by atoms with Gasteiger partial charge in [-0.15, -0.1) is 0 Å². The van der Waals surface area contributed by atoms with Crippen molar-refractivity contribution in [3.05, 3.63) is 47.5 Å². The molecule has 1 aromatic rings. The van der Waals surface area contributed by atoms with E-state index in [4.69, 9.17) is 4.74 Å². The fourth-order valence-electron chi connectivity index (χ4n) is 9.55. The number of hydrogen-bond donors (Lipinski definition) is 0. The molecule has 0 aromatic heterocycles. The van der Waals surface area contributed by atoms with Gasteiger partial charge in [-0.1, -0.05) is 83.7 Å². The second-order valence-corrected chi connectivity index (χ2v) is 13.9. The monoisotopic (exact) mass is 490 g/mol. The van der Waals surface area contributed by atoms with E-state index in [0.29, 0.717) is 16.4 Å². The quantitative estimate of drug-likeness (QED) is 0.281. The molecule has 3 fully saturated rings. The second kappa shape index (κ2) is 10.3. The molecule has 1 aromatic carbocycles. The van der Waals surface area contributed by atoms with Gasteiger partial charge in [0.25, 0.3) is 0 Å². The molecular formula is C34H50O2. The Kier molecular flexibility index (Phi) is 7.45. The molecule has 8 atom stereocenters. The Bertz CT molecular complexity index is 947. The summed E-state index contributed by atoms with van der Waals surface area (Å²) in [4.78, 5) is 12.7. The molecule has 0 saturated heterocycles. The molecule has 5 rings (SSSR count). The Labute approximate surface area is 220 Å². The van der Waals surface area contributed by atoms with Crippen LogP contribution < -0.4 is 0 Å². The van der Waals surface area contributed by atoms with Crippen LogP contribution in [0.2, 0.25) is 0 Å². The number of ether oxygens (including phenoxy) is 1. The van der Waals surface area contributed by atoms with Crippen LogP contribution in [0, 0.1) is 46.3 Å². The van der Waals surface area contributed by atoms with Crippen LogP contribution in [0.4, 0.5) is 0 Å². The van der Waals surface area contributed by atoms with E-state index in [-0.39, 0.29) is 12.1 Å². The molecule has 3 saturated carbocycles. The van der Waals surface area contributed by atoms with Crippen LogP contribution >= 0.6 is 0 Å². The summed E-state index contributed by atoms with van der Waals surface area (Å²) < 4.78 is 6.00. The van der Waals surface area contributed by atoms with E-state index in [1.54, 1.807) is 5.57 Å². The highest BCUT2D eigenvalue weighted by atomic mass is 16.5. The number of carbonyl (C=O) groups excluding carboxylic acids is 1. The molecule has 36 heavy (non-hydrogen) atoms. The fourth-order valence-corrected chi connectivity index (χ4v) is 9.55. The van der Waals surface area contributed by atoms with Gasteiger partial charge >= 0.3 is 5.97 Å². The number of hydrogen-bond acceptors (Lipinski definition) is 2. The van der Waals surface area contributed by atoms with Gasteiger partial charge in [-0.25, -0.2) is 4.79 Å². The van der Waals surface area contributed by atoms with Crippen molar-refractivity contribution in [3.8, 4) is 0 Å². The maximum atomic E-state index is 12.7. The highest BCUT2D eigenvalue weighted by Crippen LogP contribution is 2.67. The molecule has 198 valence electrons. The fraction of sp³-hybridized carbons (Fsp3) is 0.735. The van der Waals surface area contributed by atoms with Crippen molar-refractivity contribution >= 4 is 5.97 Å². The lowest BCUT2D eigenvalue weighted by atomic mass is 9.47. The Morgan fingerprint density at radius 2 is 1.75 bits per heavy atom. The van der Waals surface area contributed by atoms with Crippen molar-refractivity contribution in [2.45, 2.75) is 111 Å². The van der Waals surface area contributed by atoms with Crippen LogP contribution in [0.3, 0.4) is 0 Å². The first-order valence-corrected chi connectivity index (χ1v) is 15.2. The first kappa shape index (κ1) is 26.1. The van der Waals surface area contributed by atoms with E-state index in [1.807, 2.05) is 30.3 Å². The molecule has 4 aliphatic rings. The highest BCUT2D eigenvalue weighted by Gasteiger charge is 2.59. The molecule has 2 nitrogen and oxygen atoms in total. The number of benzene rings is 1. The second-order valence-electron chi connectivity index (χ2n) is 13.9. The van der Waals surface area contributed by atoms with Gasteiger partial charge in [-0.3, -0.25) is 0 Å². The summed E-state index contributed by atoms with van der Waals surface area (Å²) >= 11 is 0. The minimum Gasteiger partial charge on any atom is -0.458 e. The molecule has 0 N–H and O–H groups in total. The molecule has 0 radical (unpaired) electrons. The summed E-state index contributed by atoms with van der Waals surface area (Å²) in [6.45, 7) is 12.6. The van der Waals surface area contributed by atoms with Crippen molar-refractivity contribution in [2.75, 3.05) is 0 Å². The molecule has 0 spiro atoms. The van der Waals surface area contributed by atoms with E-state index in [0.717, 1.165) is 48.3 Å². The van der Waals surface area contributed by atoms with Crippen LogP contribution in [-0.2, 0) is 4.74 Å². The smallest absolute Gasteiger partial charge is 0.338 e. The van der Waals surface area contributed by atoms with Crippen LogP contribution in [0.5, 0.6) is 0 Å². The van der Waals surface area contributed by atoms with Crippen LogP contribution in [0.1, 0.15) is 116 Å². The zero-order valence-electron chi connectivity index (χ0n) is 23.6. The third kappa shape index (κ3) is 4.71. The van der Waals surface area contributed by atoms with E-state index < -0.39 is 0 Å². The minimum atomic E-state index is -0.161. The third-order valence-electron chi connectivity index (χ3n) is 11.5. The maximum absolute atomic E-state index is 12.7. The number of allylic oxidation sites excluding steroid dienone is 1. The van der Waals surface area contributed by atoms with Crippen molar-refractivity contribution < 1.29 is 9.53 Å². The lowest BCUT2D eigenvalue weighted by Crippen LogP contribution is -2.51. The molecule has 0 amide bonds. The topological polar surface area (TPSA) is 26.3 Å². The van der Waals surface area contributed by atoms with Crippen molar-refractivity contribution in [3.63, 3.8) is 0 Å². The number of rotatable bonds is 7. The Morgan fingerprint density at radius 1 is 0.972 bits per heavy atom. The molecule has 0 heterocycles. The third-order valence-corrected chi connectivity index (χ3v) is 11.5. The molecule has 2 heteroatoms. The summed E-state index contributed by atoms with van der Waals surface area (Å²) in [5.41, 5.74) is 3.12. The standard InChI is InChI=1S/C34H50O2/c1-23(2)10-9-11-24(3)29-16-17-30-28-15-14-26-22-27(36-32(35)25-12-7-6-8-13-25)18-20-33(26,4)31(28)19-21-34(29,30)5/h6-8,12-14,23-24,27-31H,9-11,15-22H2,1-5H3/t24-,27+,28-,29-,30+,31-,33+,34-/m1/s1. The summed E-state index contributed by atoms with van der Waals surface area (Å²) in [6, 6.07) is 9.49. The lowest BCUT2D eigenvalue weighted by molar-refractivity contribution is -0.0594. The summed E-state index contributed by atoms with van der Waals surface area (Å²) in [6.07, 6.45) is 17.0. The summed E-state index contributed by atoms with van der Waals surface area (Å²) in [7, 11) is 0. The normalized spacial score (nSPS) is 38.5. The first-order valence-electron chi connectivity index (χ1n) is 15.2. The summed E-state index contributed by atoms with van der Waals surface area (Å²) in [5.74, 6) is 5.03. The maximum Gasteiger partial charge on any atom is 0.338 e. The van der Waals surface area contributed by atoms with Crippen LogP contribution in [0.15, 0.2) is 42.0 Å². The Hall–Kier alpha value is -1.57. The van der Waals surface area contributed by atoms with Crippen molar-refractivity contribution in [1.29, 1.82) is 0 Å². The van der Waals surface area contributed by atoms with Crippen molar-refractivity contribution in [1.82, 2.24) is 0 Å². The highest BCUT2D eigenvalue weighted by molar-refractivity contribution is 5.89. The zero-order valence-corrected chi connectivity index (χ0v) is 23.6. The first-order chi connectivity index (χ1) is 17.2. The lowest BCUT2D eigenvalue weighted by Gasteiger charge is -2.58. The predicted molar refractivity (Wildman–Crippen MR) is 149 cm³/mol. The van der Waals surface area contributed by atoms with E-state index >= 15 is 0 Å². The number of carbonyl (C=O) groups is 1. The van der Waals surface area contributed by atoms with Gasteiger partial charge in [-0.2, -0.15) is 0 Å². The van der Waals surface area contributed by atoms with Gasteiger partial charge < -0.3 is 4.74 Å². The van der Waals surface area contributed by atoms with Gasteiger partial charge in [0.1, 0.15) is 6.10 Å². The molecule has 4 aliphatic carbocycles.